The average Bonchev–Trinajstić information content (AvgIpc) is 2.70. The van der Waals surface area contributed by atoms with Gasteiger partial charge in [0.25, 0.3) is 0 Å². The lowest BCUT2D eigenvalue weighted by molar-refractivity contribution is -0.117. The van der Waals surface area contributed by atoms with E-state index in [2.05, 4.69) is 15.1 Å². The minimum absolute atomic E-state index is 0.0712. The summed E-state index contributed by atoms with van der Waals surface area (Å²) in [5.41, 5.74) is 1.77. The van der Waals surface area contributed by atoms with Crippen molar-refractivity contribution in [1.29, 1.82) is 0 Å². The Morgan fingerprint density at radius 2 is 1.86 bits per heavy atom. The average molecular weight is 418 g/mol. The first-order valence-electron chi connectivity index (χ1n) is 9.86. The van der Waals surface area contributed by atoms with E-state index in [-0.39, 0.29) is 12.5 Å². The lowest BCUT2D eigenvalue weighted by Crippen LogP contribution is -2.50. The first kappa shape index (κ1) is 21.6. The smallest absolute Gasteiger partial charge is 0.238 e. The zero-order valence-electron chi connectivity index (χ0n) is 16.7. The van der Waals surface area contributed by atoms with Crippen LogP contribution in [0.3, 0.4) is 0 Å². The summed E-state index contributed by atoms with van der Waals surface area (Å²) in [4.78, 5) is 16.6. The van der Waals surface area contributed by atoms with Gasteiger partial charge < -0.3 is 15.2 Å². The Kier molecular flexibility index (Phi) is 7.89. The Hall–Kier alpha value is -2.12. The largest absolute Gasteiger partial charge is 0.491 e. The van der Waals surface area contributed by atoms with Crippen LogP contribution >= 0.6 is 11.6 Å². The molecule has 2 aromatic rings. The fourth-order valence-corrected chi connectivity index (χ4v) is 3.52. The zero-order valence-corrected chi connectivity index (χ0v) is 17.4. The Bertz CT molecular complexity index is 809. The number of ether oxygens (including phenoxy) is 1. The van der Waals surface area contributed by atoms with Gasteiger partial charge in [-0.1, -0.05) is 35.9 Å². The highest BCUT2D eigenvalue weighted by Crippen LogP contribution is 2.20. The van der Waals surface area contributed by atoms with Crippen molar-refractivity contribution in [3.8, 4) is 5.75 Å². The summed E-state index contributed by atoms with van der Waals surface area (Å²) in [5.74, 6) is 0.705. The summed E-state index contributed by atoms with van der Waals surface area (Å²) in [5, 5.41) is 13.7. The number of benzene rings is 2. The number of rotatable bonds is 8. The zero-order chi connectivity index (χ0) is 20.6. The van der Waals surface area contributed by atoms with Crippen molar-refractivity contribution in [2.75, 3.05) is 51.2 Å². The number of nitrogens with one attached hydrogen (secondary N) is 1. The maximum atomic E-state index is 12.3. The third kappa shape index (κ3) is 7.01. The molecule has 2 aromatic carbocycles. The van der Waals surface area contributed by atoms with Crippen LogP contribution in [-0.2, 0) is 4.79 Å². The van der Waals surface area contributed by atoms with Gasteiger partial charge in [0.05, 0.1) is 17.3 Å². The van der Waals surface area contributed by atoms with Gasteiger partial charge >= 0.3 is 0 Å². The highest BCUT2D eigenvalue weighted by Gasteiger charge is 2.21. The monoisotopic (exact) mass is 417 g/mol. The SMILES string of the molecule is Cc1cccc(OCC(O)CN2CCN(CC(=O)Nc3ccccc3Cl)CC2)c1. The molecule has 3 rings (SSSR count). The number of aliphatic hydroxyl groups excluding tert-OH is 1. The van der Waals surface area contributed by atoms with Crippen LogP contribution in [0.2, 0.25) is 5.02 Å². The summed E-state index contributed by atoms with van der Waals surface area (Å²) < 4.78 is 5.68. The molecule has 1 aliphatic heterocycles. The number of para-hydroxylation sites is 1. The number of β-amino-alcohol motifs (C(OH)–C–C–N with tert-alkyl or cyclic N) is 1. The molecule has 1 atom stereocenters. The summed E-state index contributed by atoms with van der Waals surface area (Å²) in [6.45, 7) is 6.34. The first-order valence-corrected chi connectivity index (χ1v) is 10.2. The van der Waals surface area contributed by atoms with Crippen LogP contribution in [0.25, 0.3) is 0 Å². The standard InChI is InChI=1S/C22H28ClN3O3/c1-17-5-4-6-19(13-17)29-16-18(27)14-25-9-11-26(12-10-25)15-22(28)24-21-8-3-2-7-20(21)23/h2-8,13,18,27H,9-12,14-16H2,1H3,(H,24,28). The fourth-order valence-electron chi connectivity index (χ4n) is 3.33. The van der Waals surface area contributed by atoms with Crippen molar-refractivity contribution in [2.45, 2.75) is 13.0 Å². The minimum atomic E-state index is -0.550. The lowest BCUT2D eigenvalue weighted by atomic mass is 10.2. The van der Waals surface area contributed by atoms with E-state index in [0.29, 0.717) is 23.8 Å². The quantitative estimate of drug-likeness (QED) is 0.691. The molecule has 0 bridgehead atoms. The number of aryl methyl sites for hydroxylation is 1. The van der Waals surface area contributed by atoms with E-state index in [4.69, 9.17) is 16.3 Å². The number of aliphatic hydroxyl groups is 1. The van der Waals surface area contributed by atoms with Gasteiger partial charge in [-0.15, -0.1) is 0 Å². The number of piperazine rings is 1. The normalized spacial score (nSPS) is 16.4. The van der Waals surface area contributed by atoms with Crippen LogP contribution in [-0.4, -0.2) is 72.8 Å². The number of carbonyl (C=O) groups excluding carboxylic acids is 1. The Labute approximate surface area is 177 Å². The number of amides is 1. The molecule has 2 N–H and O–H groups in total. The molecule has 0 saturated carbocycles. The third-order valence-electron chi connectivity index (χ3n) is 4.88. The minimum Gasteiger partial charge on any atom is -0.491 e. The lowest BCUT2D eigenvalue weighted by Gasteiger charge is -2.35. The molecule has 1 amide bonds. The van der Waals surface area contributed by atoms with Crippen molar-refractivity contribution in [3.05, 3.63) is 59.1 Å². The molecule has 1 unspecified atom stereocenters. The molecule has 1 fully saturated rings. The molecule has 156 valence electrons. The van der Waals surface area contributed by atoms with E-state index in [1.807, 2.05) is 43.3 Å². The third-order valence-corrected chi connectivity index (χ3v) is 5.21. The van der Waals surface area contributed by atoms with Crippen molar-refractivity contribution in [2.24, 2.45) is 0 Å². The van der Waals surface area contributed by atoms with Crippen LogP contribution in [0.1, 0.15) is 5.56 Å². The molecule has 1 saturated heterocycles. The van der Waals surface area contributed by atoms with Crippen LogP contribution in [0.5, 0.6) is 5.75 Å². The topological polar surface area (TPSA) is 65.0 Å². The van der Waals surface area contributed by atoms with Crippen molar-refractivity contribution >= 4 is 23.2 Å². The molecule has 29 heavy (non-hydrogen) atoms. The van der Waals surface area contributed by atoms with Gasteiger partial charge in [-0.3, -0.25) is 14.6 Å². The molecular weight excluding hydrogens is 390 g/mol. The second kappa shape index (κ2) is 10.6. The van der Waals surface area contributed by atoms with E-state index < -0.39 is 6.10 Å². The van der Waals surface area contributed by atoms with Gasteiger partial charge in [-0.25, -0.2) is 0 Å². The van der Waals surface area contributed by atoms with Crippen molar-refractivity contribution < 1.29 is 14.6 Å². The molecule has 1 heterocycles. The maximum Gasteiger partial charge on any atom is 0.238 e. The number of anilines is 1. The number of hydrogen-bond donors (Lipinski definition) is 2. The Balaban J connectivity index is 1.35. The van der Waals surface area contributed by atoms with Crippen LogP contribution < -0.4 is 10.1 Å². The summed E-state index contributed by atoms with van der Waals surface area (Å²) in [6.07, 6.45) is -0.550. The van der Waals surface area contributed by atoms with Crippen LogP contribution in [0.4, 0.5) is 5.69 Å². The summed E-state index contributed by atoms with van der Waals surface area (Å²) in [6, 6.07) is 15.0. The van der Waals surface area contributed by atoms with Crippen LogP contribution in [0.15, 0.2) is 48.5 Å². The maximum absolute atomic E-state index is 12.3. The predicted octanol–water partition coefficient (Wildman–Crippen LogP) is 2.64. The molecule has 0 aromatic heterocycles. The van der Waals surface area contributed by atoms with E-state index >= 15 is 0 Å². The van der Waals surface area contributed by atoms with Crippen molar-refractivity contribution in [1.82, 2.24) is 9.80 Å². The van der Waals surface area contributed by atoms with E-state index in [1.54, 1.807) is 12.1 Å². The molecule has 7 heteroatoms. The summed E-state index contributed by atoms with van der Waals surface area (Å²) >= 11 is 6.08. The Morgan fingerprint density at radius 1 is 1.14 bits per heavy atom. The van der Waals surface area contributed by atoms with E-state index in [0.717, 1.165) is 37.5 Å². The second-order valence-electron chi connectivity index (χ2n) is 7.39. The van der Waals surface area contributed by atoms with Gasteiger partial charge in [-0.05, 0) is 36.8 Å². The highest BCUT2D eigenvalue weighted by atomic mass is 35.5. The molecule has 0 radical (unpaired) electrons. The number of carbonyl (C=O) groups is 1. The number of hydrogen-bond acceptors (Lipinski definition) is 5. The molecule has 0 aliphatic carbocycles. The van der Waals surface area contributed by atoms with Gasteiger partial charge in [-0.2, -0.15) is 0 Å². The molecular formula is C22H28ClN3O3. The first-order chi connectivity index (χ1) is 14.0. The number of nitrogens with zero attached hydrogens (tertiary/aromatic N) is 2. The summed E-state index contributed by atoms with van der Waals surface area (Å²) in [7, 11) is 0. The highest BCUT2D eigenvalue weighted by molar-refractivity contribution is 6.33. The van der Waals surface area contributed by atoms with Crippen LogP contribution in [0, 0.1) is 6.92 Å². The predicted molar refractivity (Wildman–Crippen MR) is 116 cm³/mol. The van der Waals surface area contributed by atoms with Crippen molar-refractivity contribution in [3.63, 3.8) is 0 Å². The molecule has 6 nitrogen and oxygen atoms in total. The van der Waals surface area contributed by atoms with Gasteiger partial charge in [0.2, 0.25) is 5.91 Å². The Morgan fingerprint density at radius 3 is 2.59 bits per heavy atom. The van der Waals surface area contributed by atoms with Gasteiger partial charge in [0, 0.05) is 32.7 Å². The van der Waals surface area contributed by atoms with E-state index in [1.165, 1.54) is 0 Å². The second-order valence-corrected chi connectivity index (χ2v) is 7.79. The fraction of sp³-hybridized carbons (Fsp3) is 0.409. The van der Waals surface area contributed by atoms with Gasteiger partial charge in [0.1, 0.15) is 18.5 Å². The van der Waals surface area contributed by atoms with E-state index in [9.17, 15) is 9.90 Å². The number of halogens is 1. The molecule has 1 aliphatic rings. The van der Waals surface area contributed by atoms with Gasteiger partial charge in [0.15, 0.2) is 0 Å². The molecule has 0 spiro atoms.